The van der Waals surface area contributed by atoms with Crippen LogP contribution in [0.2, 0.25) is 0 Å². The fourth-order valence-corrected chi connectivity index (χ4v) is 2.36. The molecule has 0 amide bonds. The fraction of sp³-hybridized carbons (Fsp3) is 0.167. The van der Waals surface area contributed by atoms with Gasteiger partial charge in [0.25, 0.3) is 0 Å². The van der Waals surface area contributed by atoms with E-state index < -0.39 is 5.97 Å². The minimum atomic E-state index is -0.912. The third-order valence-electron chi connectivity index (χ3n) is 2.34. The Balaban J connectivity index is 2.39. The van der Waals surface area contributed by atoms with Crippen LogP contribution in [0.1, 0.15) is 15.9 Å². The molecule has 5 heteroatoms. The van der Waals surface area contributed by atoms with Crippen LogP contribution in [0.4, 0.5) is 0 Å². The summed E-state index contributed by atoms with van der Waals surface area (Å²) in [6.07, 6.45) is 3.52. The number of carbonyl (C=O) groups is 1. The van der Waals surface area contributed by atoms with Gasteiger partial charge in [-0.15, -0.1) is 0 Å². The molecule has 17 heavy (non-hydrogen) atoms. The van der Waals surface area contributed by atoms with Gasteiger partial charge in [0.05, 0.1) is 5.56 Å². The standard InChI is InChI=1S/C12H12N2O2S/c1-8-3-4-10(9(7-8)11(15)16)17-12-13-5-6-14(12)2/h3-7H,1-2H3,(H,15,16). The number of nitrogens with zero attached hydrogens (tertiary/aromatic N) is 2. The molecule has 0 aliphatic rings. The molecule has 0 radical (unpaired) electrons. The molecule has 0 aliphatic heterocycles. The average molecular weight is 248 g/mol. The predicted molar refractivity (Wildman–Crippen MR) is 65.5 cm³/mol. The minimum absolute atomic E-state index is 0.318. The summed E-state index contributed by atoms with van der Waals surface area (Å²) >= 11 is 1.36. The van der Waals surface area contributed by atoms with Gasteiger partial charge in [-0.2, -0.15) is 0 Å². The summed E-state index contributed by atoms with van der Waals surface area (Å²) in [4.78, 5) is 16.0. The number of hydrogen-bond acceptors (Lipinski definition) is 3. The van der Waals surface area contributed by atoms with Crippen LogP contribution in [-0.2, 0) is 7.05 Å². The number of carboxylic acid groups (broad SMARTS) is 1. The van der Waals surface area contributed by atoms with Crippen molar-refractivity contribution in [2.75, 3.05) is 0 Å². The summed E-state index contributed by atoms with van der Waals surface area (Å²) in [6.45, 7) is 1.88. The van der Waals surface area contributed by atoms with Gasteiger partial charge in [0.1, 0.15) is 0 Å². The first-order valence-corrected chi connectivity index (χ1v) is 5.88. The minimum Gasteiger partial charge on any atom is -0.478 e. The lowest BCUT2D eigenvalue weighted by atomic mass is 10.1. The first-order valence-electron chi connectivity index (χ1n) is 5.07. The zero-order valence-electron chi connectivity index (χ0n) is 9.54. The maximum Gasteiger partial charge on any atom is 0.336 e. The van der Waals surface area contributed by atoms with Gasteiger partial charge in [-0.3, -0.25) is 0 Å². The van der Waals surface area contributed by atoms with Crippen molar-refractivity contribution in [2.24, 2.45) is 7.05 Å². The lowest BCUT2D eigenvalue weighted by molar-refractivity contribution is 0.0693. The van der Waals surface area contributed by atoms with Crippen molar-refractivity contribution in [3.63, 3.8) is 0 Å². The van der Waals surface area contributed by atoms with Crippen LogP contribution >= 0.6 is 11.8 Å². The normalized spacial score (nSPS) is 10.5. The highest BCUT2D eigenvalue weighted by Crippen LogP contribution is 2.29. The van der Waals surface area contributed by atoms with Gasteiger partial charge in [-0.05, 0) is 19.1 Å². The molecule has 0 unspecified atom stereocenters. The van der Waals surface area contributed by atoms with E-state index in [9.17, 15) is 4.79 Å². The predicted octanol–water partition coefficient (Wildman–Crippen LogP) is 2.58. The maximum absolute atomic E-state index is 11.1. The molecular formula is C12H12N2O2S. The van der Waals surface area contributed by atoms with Crippen molar-refractivity contribution in [3.8, 4) is 0 Å². The molecule has 1 aromatic carbocycles. The Morgan fingerprint density at radius 1 is 1.47 bits per heavy atom. The molecule has 2 aromatic rings. The van der Waals surface area contributed by atoms with E-state index in [0.717, 1.165) is 10.7 Å². The van der Waals surface area contributed by atoms with Crippen LogP contribution in [0.5, 0.6) is 0 Å². The molecule has 0 saturated heterocycles. The van der Waals surface area contributed by atoms with Gasteiger partial charge in [0.2, 0.25) is 0 Å². The Kier molecular flexibility index (Phi) is 3.19. The molecule has 0 bridgehead atoms. The molecule has 88 valence electrons. The van der Waals surface area contributed by atoms with Gasteiger partial charge >= 0.3 is 5.97 Å². The molecule has 2 rings (SSSR count). The van der Waals surface area contributed by atoms with E-state index in [2.05, 4.69) is 4.98 Å². The van der Waals surface area contributed by atoms with Crippen molar-refractivity contribution in [1.29, 1.82) is 0 Å². The SMILES string of the molecule is Cc1ccc(Sc2nccn2C)c(C(=O)O)c1. The quantitative estimate of drug-likeness (QED) is 0.907. The third-order valence-corrected chi connectivity index (χ3v) is 3.50. The molecular weight excluding hydrogens is 236 g/mol. The van der Waals surface area contributed by atoms with Crippen LogP contribution in [0.15, 0.2) is 40.6 Å². The number of carboxylic acids is 1. The second kappa shape index (κ2) is 4.63. The van der Waals surface area contributed by atoms with E-state index in [1.807, 2.05) is 36.9 Å². The first-order chi connectivity index (χ1) is 8.08. The zero-order valence-corrected chi connectivity index (χ0v) is 10.4. The highest BCUT2D eigenvalue weighted by Gasteiger charge is 2.13. The van der Waals surface area contributed by atoms with E-state index in [-0.39, 0.29) is 0 Å². The fourth-order valence-electron chi connectivity index (χ4n) is 1.45. The monoisotopic (exact) mass is 248 g/mol. The lowest BCUT2D eigenvalue weighted by Crippen LogP contribution is -2.00. The molecule has 0 spiro atoms. The Morgan fingerprint density at radius 3 is 2.82 bits per heavy atom. The second-order valence-corrected chi connectivity index (χ2v) is 4.74. The summed E-state index contributed by atoms with van der Waals surface area (Å²) in [7, 11) is 1.88. The number of aromatic nitrogens is 2. The Labute approximate surface area is 103 Å². The summed E-state index contributed by atoms with van der Waals surface area (Å²) in [5.74, 6) is -0.912. The number of aryl methyl sites for hydroxylation is 2. The van der Waals surface area contributed by atoms with Gasteiger partial charge in [-0.25, -0.2) is 9.78 Å². The first kappa shape index (κ1) is 11.7. The lowest BCUT2D eigenvalue weighted by Gasteiger charge is -2.06. The van der Waals surface area contributed by atoms with Gasteiger partial charge in [-0.1, -0.05) is 23.4 Å². The highest BCUT2D eigenvalue weighted by molar-refractivity contribution is 7.99. The van der Waals surface area contributed by atoms with Gasteiger partial charge in [0.15, 0.2) is 5.16 Å². The molecule has 1 heterocycles. The van der Waals surface area contributed by atoms with Crippen LogP contribution in [0, 0.1) is 6.92 Å². The number of benzene rings is 1. The molecule has 0 atom stereocenters. The van der Waals surface area contributed by atoms with E-state index >= 15 is 0 Å². The smallest absolute Gasteiger partial charge is 0.336 e. The topological polar surface area (TPSA) is 55.1 Å². The maximum atomic E-state index is 11.1. The molecule has 0 aliphatic carbocycles. The molecule has 0 saturated carbocycles. The largest absolute Gasteiger partial charge is 0.478 e. The molecule has 1 N–H and O–H groups in total. The van der Waals surface area contributed by atoms with Crippen molar-refractivity contribution in [2.45, 2.75) is 17.0 Å². The van der Waals surface area contributed by atoms with Crippen LogP contribution in [-0.4, -0.2) is 20.6 Å². The van der Waals surface area contributed by atoms with E-state index in [1.165, 1.54) is 11.8 Å². The molecule has 1 aromatic heterocycles. The van der Waals surface area contributed by atoms with Crippen LogP contribution in [0.3, 0.4) is 0 Å². The van der Waals surface area contributed by atoms with E-state index in [4.69, 9.17) is 5.11 Å². The number of hydrogen-bond donors (Lipinski definition) is 1. The van der Waals surface area contributed by atoms with Crippen molar-refractivity contribution < 1.29 is 9.90 Å². The summed E-state index contributed by atoms with van der Waals surface area (Å²) in [5.41, 5.74) is 1.25. The van der Waals surface area contributed by atoms with Crippen molar-refractivity contribution in [1.82, 2.24) is 9.55 Å². The zero-order chi connectivity index (χ0) is 12.4. The Morgan fingerprint density at radius 2 is 2.24 bits per heavy atom. The third kappa shape index (κ3) is 2.50. The molecule has 0 fully saturated rings. The Hall–Kier alpha value is -1.75. The van der Waals surface area contributed by atoms with Crippen LogP contribution in [0.25, 0.3) is 0 Å². The number of rotatable bonds is 3. The Bertz CT molecular complexity index is 563. The van der Waals surface area contributed by atoms with Crippen LogP contribution < -0.4 is 0 Å². The van der Waals surface area contributed by atoms with Gasteiger partial charge < -0.3 is 9.67 Å². The second-order valence-electron chi connectivity index (χ2n) is 3.73. The summed E-state index contributed by atoms with van der Waals surface area (Å²) < 4.78 is 1.86. The van der Waals surface area contributed by atoms with Crippen molar-refractivity contribution >= 4 is 17.7 Å². The molecule has 4 nitrogen and oxygen atoms in total. The van der Waals surface area contributed by atoms with Gasteiger partial charge in [0, 0.05) is 24.3 Å². The number of aromatic carboxylic acids is 1. The summed E-state index contributed by atoms with van der Waals surface area (Å²) in [6, 6.07) is 5.39. The highest BCUT2D eigenvalue weighted by atomic mass is 32.2. The van der Waals surface area contributed by atoms with E-state index in [0.29, 0.717) is 10.5 Å². The van der Waals surface area contributed by atoms with Crippen molar-refractivity contribution in [3.05, 3.63) is 41.7 Å². The summed E-state index contributed by atoms with van der Waals surface area (Å²) in [5, 5.41) is 9.92. The number of imidazole rings is 1. The average Bonchev–Trinajstić information content (AvgIpc) is 2.67. The van der Waals surface area contributed by atoms with E-state index in [1.54, 1.807) is 12.3 Å².